The maximum Gasteiger partial charge on any atom is 0.255 e. The van der Waals surface area contributed by atoms with Crippen molar-refractivity contribution in [3.63, 3.8) is 0 Å². The van der Waals surface area contributed by atoms with Crippen LogP contribution in [0.5, 0.6) is 0 Å². The highest BCUT2D eigenvalue weighted by atomic mass is 79.9. The van der Waals surface area contributed by atoms with Crippen molar-refractivity contribution >= 4 is 45.2 Å². The fourth-order valence-electron chi connectivity index (χ4n) is 2.25. The Bertz CT molecular complexity index is 765. The van der Waals surface area contributed by atoms with Crippen LogP contribution in [0.1, 0.15) is 24.2 Å². The van der Waals surface area contributed by atoms with Crippen LogP contribution in [0, 0.1) is 0 Å². The molecule has 0 aliphatic rings. The number of thioether (sulfide) groups is 1. The van der Waals surface area contributed by atoms with E-state index in [2.05, 4.69) is 35.1 Å². The van der Waals surface area contributed by atoms with Crippen molar-refractivity contribution in [1.29, 1.82) is 0 Å². The molecular formula is C19H21BrN2O2S. The van der Waals surface area contributed by atoms with Crippen LogP contribution in [0.15, 0.2) is 57.9 Å². The average Bonchev–Trinajstić information content (AvgIpc) is 2.56. The van der Waals surface area contributed by atoms with E-state index >= 15 is 0 Å². The summed E-state index contributed by atoms with van der Waals surface area (Å²) in [6.45, 7) is 4.16. The molecule has 4 nitrogen and oxygen atoms in total. The van der Waals surface area contributed by atoms with Crippen LogP contribution in [-0.4, -0.2) is 35.6 Å². The third-order valence-corrected chi connectivity index (χ3v) is 5.13. The maximum absolute atomic E-state index is 12.7. The Morgan fingerprint density at radius 3 is 2.44 bits per heavy atom. The molecule has 0 heterocycles. The van der Waals surface area contributed by atoms with Gasteiger partial charge in [-0.05, 0) is 40.2 Å². The van der Waals surface area contributed by atoms with Crippen molar-refractivity contribution in [3.8, 4) is 0 Å². The van der Waals surface area contributed by atoms with Gasteiger partial charge in [0.05, 0.1) is 17.8 Å². The van der Waals surface area contributed by atoms with Crippen LogP contribution in [0.3, 0.4) is 0 Å². The molecule has 0 radical (unpaired) electrons. The van der Waals surface area contributed by atoms with Gasteiger partial charge in [-0.25, -0.2) is 0 Å². The number of para-hydroxylation sites is 1. The number of amides is 2. The van der Waals surface area contributed by atoms with Crippen LogP contribution >= 0.6 is 27.7 Å². The van der Waals surface area contributed by atoms with Crippen molar-refractivity contribution in [2.45, 2.75) is 24.0 Å². The second-order valence-corrected chi connectivity index (χ2v) is 8.32. The molecule has 0 aliphatic heterocycles. The number of halogens is 1. The molecule has 0 saturated carbocycles. The van der Waals surface area contributed by atoms with Gasteiger partial charge in [0.15, 0.2) is 0 Å². The molecule has 0 aromatic heterocycles. The first-order valence-corrected chi connectivity index (χ1v) is 9.61. The van der Waals surface area contributed by atoms with E-state index in [1.807, 2.05) is 36.4 Å². The molecule has 0 unspecified atom stereocenters. The lowest BCUT2D eigenvalue weighted by atomic mass is 10.2. The second kappa shape index (κ2) is 9.06. The molecule has 0 saturated heterocycles. The molecule has 2 aromatic carbocycles. The maximum atomic E-state index is 12.7. The van der Waals surface area contributed by atoms with Crippen molar-refractivity contribution in [2.75, 3.05) is 18.9 Å². The number of likely N-dealkylation sites (N-methyl/N-ethyl adjacent to an activating group) is 1. The number of benzene rings is 2. The molecule has 132 valence electrons. The zero-order chi connectivity index (χ0) is 18.4. The van der Waals surface area contributed by atoms with Crippen LogP contribution in [0.4, 0.5) is 5.69 Å². The molecule has 0 aliphatic carbocycles. The zero-order valence-electron chi connectivity index (χ0n) is 14.5. The highest BCUT2D eigenvalue weighted by molar-refractivity contribution is 9.10. The van der Waals surface area contributed by atoms with Crippen molar-refractivity contribution in [2.24, 2.45) is 0 Å². The lowest BCUT2D eigenvalue weighted by molar-refractivity contribution is -0.116. The lowest BCUT2D eigenvalue weighted by Crippen LogP contribution is -2.35. The number of nitrogens with zero attached hydrogens (tertiary/aromatic N) is 1. The van der Waals surface area contributed by atoms with Gasteiger partial charge in [0.25, 0.3) is 5.91 Å². The highest BCUT2D eigenvalue weighted by Crippen LogP contribution is 2.27. The van der Waals surface area contributed by atoms with Crippen LogP contribution in [0.25, 0.3) is 0 Å². The SMILES string of the molecule is CC(C)Sc1ccccc1C(=O)N(C)CC(=O)Nc1ccccc1Br. The molecular weight excluding hydrogens is 400 g/mol. The smallest absolute Gasteiger partial charge is 0.255 e. The largest absolute Gasteiger partial charge is 0.332 e. The Labute approximate surface area is 161 Å². The first-order valence-electron chi connectivity index (χ1n) is 7.94. The summed E-state index contributed by atoms with van der Waals surface area (Å²) in [5, 5.41) is 3.18. The number of anilines is 1. The molecule has 2 rings (SSSR count). The Kier molecular flexibility index (Phi) is 7.08. The summed E-state index contributed by atoms with van der Waals surface area (Å²) in [5.41, 5.74) is 1.31. The second-order valence-electron chi connectivity index (χ2n) is 5.85. The monoisotopic (exact) mass is 420 g/mol. The third kappa shape index (κ3) is 5.61. The van der Waals surface area contributed by atoms with E-state index in [1.54, 1.807) is 30.9 Å². The van der Waals surface area contributed by atoms with Crippen molar-refractivity contribution in [3.05, 3.63) is 58.6 Å². The first-order chi connectivity index (χ1) is 11.9. The molecule has 2 aromatic rings. The molecule has 0 atom stereocenters. The Hall–Kier alpha value is -1.79. The molecule has 0 bridgehead atoms. The minimum Gasteiger partial charge on any atom is -0.332 e. The third-order valence-electron chi connectivity index (χ3n) is 3.36. The van der Waals surface area contributed by atoms with Gasteiger partial charge >= 0.3 is 0 Å². The van der Waals surface area contributed by atoms with Crippen molar-refractivity contribution < 1.29 is 9.59 Å². The summed E-state index contributed by atoms with van der Waals surface area (Å²) < 4.78 is 0.802. The number of carbonyl (C=O) groups excluding carboxylic acids is 2. The number of hydrogen-bond acceptors (Lipinski definition) is 3. The zero-order valence-corrected chi connectivity index (χ0v) is 16.9. The summed E-state index contributed by atoms with van der Waals surface area (Å²) in [4.78, 5) is 27.3. The molecule has 1 N–H and O–H groups in total. The van der Waals surface area contributed by atoms with Gasteiger partial charge in [-0.1, -0.05) is 38.1 Å². The van der Waals surface area contributed by atoms with E-state index in [-0.39, 0.29) is 18.4 Å². The van der Waals surface area contributed by atoms with Gasteiger partial charge < -0.3 is 10.2 Å². The van der Waals surface area contributed by atoms with E-state index in [0.29, 0.717) is 16.5 Å². The minimum atomic E-state index is -0.239. The fourth-order valence-corrected chi connectivity index (χ4v) is 3.58. The molecule has 25 heavy (non-hydrogen) atoms. The van der Waals surface area contributed by atoms with Gasteiger partial charge in [-0.3, -0.25) is 9.59 Å². The summed E-state index contributed by atoms with van der Waals surface area (Å²) >= 11 is 5.03. The fraction of sp³-hybridized carbons (Fsp3) is 0.263. The summed E-state index contributed by atoms with van der Waals surface area (Å²) in [7, 11) is 1.64. The highest BCUT2D eigenvalue weighted by Gasteiger charge is 2.19. The van der Waals surface area contributed by atoms with E-state index in [1.165, 1.54) is 4.90 Å². The number of carbonyl (C=O) groups is 2. The molecule has 0 fully saturated rings. The lowest BCUT2D eigenvalue weighted by Gasteiger charge is -2.19. The average molecular weight is 421 g/mol. The van der Waals surface area contributed by atoms with E-state index < -0.39 is 0 Å². The topological polar surface area (TPSA) is 49.4 Å². The van der Waals surface area contributed by atoms with Crippen molar-refractivity contribution in [1.82, 2.24) is 4.90 Å². The Balaban J connectivity index is 2.05. The molecule has 2 amide bonds. The normalized spacial score (nSPS) is 10.6. The van der Waals surface area contributed by atoms with Crippen LogP contribution in [0.2, 0.25) is 0 Å². The van der Waals surface area contributed by atoms with Gasteiger partial charge in [-0.2, -0.15) is 0 Å². The van der Waals surface area contributed by atoms with Crippen LogP contribution in [-0.2, 0) is 4.79 Å². The standard InChI is InChI=1S/C19H21BrN2O2S/c1-13(2)25-17-11-7-4-8-14(17)19(24)22(3)12-18(23)21-16-10-6-5-9-15(16)20/h4-11,13H,12H2,1-3H3,(H,21,23). The van der Waals surface area contributed by atoms with E-state index in [4.69, 9.17) is 0 Å². The molecule has 0 spiro atoms. The predicted molar refractivity (Wildman–Crippen MR) is 107 cm³/mol. The van der Waals surface area contributed by atoms with E-state index in [0.717, 1.165) is 9.37 Å². The predicted octanol–water partition coefficient (Wildman–Crippen LogP) is 4.66. The van der Waals surface area contributed by atoms with Gasteiger partial charge in [0.1, 0.15) is 0 Å². The minimum absolute atomic E-state index is 0.0130. The van der Waals surface area contributed by atoms with Gasteiger partial charge in [0.2, 0.25) is 5.91 Å². The Morgan fingerprint density at radius 1 is 1.12 bits per heavy atom. The summed E-state index contributed by atoms with van der Waals surface area (Å²) in [6.07, 6.45) is 0. The van der Waals surface area contributed by atoms with Gasteiger partial charge in [0, 0.05) is 21.7 Å². The quantitative estimate of drug-likeness (QED) is 0.691. The molecule has 6 heteroatoms. The van der Waals surface area contributed by atoms with Gasteiger partial charge in [-0.15, -0.1) is 11.8 Å². The first kappa shape index (κ1) is 19.5. The van der Waals surface area contributed by atoms with E-state index in [9.17, 15) is 9.59 Å². The number of hydrogen-bond donors (Lipinski definition) is 1. The number of rotatable bonds is 6. The van der Waals surface area contributed by atoms with Crippen LogP contribution < -0.4 is 5.32 Å². The summed E-state index contributed by atoms with van der Waals surface area (Å²) in [5.74, 6) is -0.400. The number of nitrogens with one attached hydrogen (secondary N) is 1. The Morgan fingerprint density at radius 2 is 1.76 bits per heavy atom. The summed E-state index contributed by atoms with van der Waals surface area (Å²) in [6, 6.07) is 14.9.